The van der Waals surface area contributed by atoms with Gasteiger partial charge in [-0.15, -0.1) is 0 Å². The number of hydrogen-bond acceptors (Lipinski definition) is 4. The van der Waals surface area contributed by atoms with Gasteiger partial charge in [0.15, 0.2) is 0 Å². The number of nitro benzene ring substituents is 1. The van der Waals surface area contributed by atoms with E-state index in [1.807, 2.05) is 28.8 Å². The van der Waals surface area contributed by atoms with Crippen LogP contribution in [0.4, 0.5) is 5.69 Å². The van der Waals surface area contributed by atoms with Gasteiger partial charge >= 0.3 is 5.97 Å². The van der Waals surface area contributed by atoms with Crippen molar-refractivity contribution in [3.63, 3.8) is 0 Å². The largest absolute Gasteiger partial charge is 0.469 e. The number of fused-ring (bicyclic) bond motifs is 3. The van der Waals surface area contributed by atoms with Gasteiger partial charge in [-0.3, -0.25) is 14.9 Å². The number of para-hydroxylation sites is 1. The molecule has 1 aromatic heterocycles. The van der Waals surface area contributed by atoms with Crippen molar-refractivity contribution in [1.82, 2.24) is 4.57 Å². The Morgan fingerprint density at radius 1 is 1.18 bits per heavy atom. The summed E-state index contributed by atoms with van der Waals surface area (Å²) in [6, 6.07) is 12.5. The lowest BCUT2D eigenvalue weighted by atomic mass is 10.1. The number of carbonyl (C=O) groups excluding carboxylic acids is 1. The number of hydrogen-bond donors (Lipinski definition) is 0. The summed E-state index contributed by atoms with van der Waals surface area (Å²) in [4.78, 5) is 22.0. The second kappa shape index (κ2) is 5.48. The normalized spacial score (nSPS) is 11.0. The summed E-state index contributed by atoms with van der Waals surface area (Å²) < 4.78 is 6.67. The zero-order valence-corrected chi connectivity index (χ0v) is 12.0. The van der Waals surface area contributed by atoms with Crippen molar-refractivity contribution in [3.8, 4) is 0 Å². The first-order valence-electron chi connectivity index (χ1n) is 6.84. The number of esters is 1. The van der Waals surface area contributed by atoms with Crippen LogP contribution in [-0.4, -0.2) is 22.6 Å². The number of aromatic nitrogens is 1. The highest BCUT2D eigenvalue weighted by Gasteiger charge is 2.15. The van der Waals surface area contributed by atoms with Crippen LogP contribution in [0.1, 0.15) is 6.42 Å². The van der Waals surface area contributed by atoms with E-state index < -0.39 is 4.92 Å². The first-order valence-corrected chi connectivity index (χ1v) is 6.84. The third-order valence-corrected chi connectivity index (χ3v) is 3.73. The lowest BCUT2D eigenvalue weighted by Crippen LogP contribution is -2.06. The summed E-state index contributed by atoms with van der Waals surface area (Å²) in [5.41, 5.74) is 1.88. The molecule has 0 spiro atoms. The Morgan fingerprint density at radius 2 is 1.91 bits per heavy atom. The smallest absolute Gasteiger partial charge is 0.307 e. The molecule has 112 valence electrons. The number of aryl methyl sites for hydroxylation is 1. The van der Waals surface area contributed by atoms with Gasteiger partial charge in [0.1, 0.15) is 0 Å². The number of benzene rings is 2. The van der Waals surface area contributed by atoms with Crippen molar-refractivity contribution in [2.45, 2.75) is 13.0 Å². The molecule has 0 fully saturated rings. The Balaban J connectivity index is 2.20. The molecule has 0 saturated carbocycles. The molecule has 0 aliphatic rings. The van der Waals surface area contributed by atoms with E-state index in [1.165, 1.54) is 13.2 Å². The minimum absolute atomic E-state index is 0.0587. The predicted molar refractivity (Wildman–Crippen MR) is 82.7 cm³/mol. The highest BCUT2D eigenvalue weighted by atomic mass is 16.6. The highest BCUT2D eigenvalue weighted by Crippen LogP contribution is 2.31. The molecular formula is C16H14N2O4. The molecule has 0 unspecified atom stereocenters. The predicted octanol–water partition coefficient (Wildman–Crippen LogP) is 3.27. The fraction of sp³-hybridized carbons (Fsp3) is 0.188. The molecule has 0 aliphatic heterocycles. The van der Waals surface area contributed by atoms with Crippen molar-refractivity contribution >= 4 is 33.5 Å². The summed E-state index contributed by atoms with van der Waals surface area (Å²) >= 11 is 0. The van der Waals surface area contributed by atoms with E-state index in [0.717, 1.165) is 21.8 Å². The molecule has 6 nitrogen and oxygen atoms in total. The topological polar surface area (TPSA) is 74.4 Å². The maximum Gasteiger partial charge on any atom is 0.307 e. The molecule has 0 aliphatic carbocycles. The Kier molecular flexibility index (Phi) is 3.50. The molecule has 1 heterocycles. The Labute approximate surface area is 126 Å². The molecule has 3 rings (SSSR count). The van der Waals surface area contributed by atoms with Gasteiger partial charge in [-0.25, -0.2) is 0 Å². The maximum absolute atomic E-state index is 11.4. The Bertz CT molecular complexity index is 882. The van der Waals surface area contributed by atoms with Gasteiger partial charge < -0.3 is 9.30 Å². The molecular weight excluding hydrogens is 284 g/mol. The van der Waals surface area contributed by atoms with Crippen LogP contribution < -0.4 is 0 Å². The molecule has 0 bridgehead atoms. The van der Waals surface area contributed by atoms with Crippen molar-refractivity contribution < 1.29 is 14.5 Å². The SMILES string of the molecule is COC(=O)CCn1c2ccccc2c2cc([N+](=O)[O-])ccc21. The summed E-state index contributed by atoms with van der Waals surface area (Å²) in [5, 5.41) is 12.7. The van der Waals surface area contributed by atoms with Gasteiger partial charge in [-0.1, -0.05) is 18.2 Å². The molecule has 22 heavy (non-hydrogen) atoms. The van der Waals surface area contributed by atoms with E-state index in [4.69, 9.17) is 0 Å². The number of ether oxygens (including phenoxy) is 1. The van der Waals surface area contributed by atoms with E-state index in [9.17, 15) is 14.9 Å². The number of non-ortho nitro benzene ring substituents is 1. The molecule has 0 saturated heterocycles. The van der Waals surface area contributed by atoms with Crippen molar-refractivity contribution in [1.29, 1.82) is 0 Å². The van der Waals surface area contributed by atoms with Gasteiger partial charge in [-0.2, -0.15) is 0 Å². The van der Waals surface area contributed by atoms with Crippen LogP contribution >= 0.6 is 0 Å². The van der Waals surface area contributed by atoms with Gasteiger partial charge in [0.05, 0.1) is 18.5 Å². The Morgan fingerprint density at radius 3 is 2.64 bits per heavy atom. The third-order valence-electron chi connectivity index (χ3n) is 3.73. The van der Waals surface area contributed by atoms with E-state index in [2.05, 4.69) is 4.74 Å². The summed E-state index contributed by atoms with van der Waals surface area (Å²) in [5.74, 6) is -0.284. The average molecular weight is 298 g/mol. The molecule has 0 amide bonds. The van der Waals surface area contributed by atoms with Gasteiger partial charge in [-0.05, 0) is 12.1 Å². The maximum atomic E-state index is 11.4. The van der Waals surface area contributed by atoms with Gasteiger partial charge in [0.25, 0.3) is 5.69 Å². The molecule has 2 aromatic carbocycles. The summed E-state index contributed by atoms with van der Waals surface area (Å²) in [6.45, 7) is 0.467. The van der Waals surface area contributed by atoms with Crippen LogP contribution in [-0.2, 0) is 16.1 Å². The number of nitro groups is 1. The first kappa shape index (κ1) is 14.1. The summed E-state index contributed by atoms with van der Waals surface area (Å²) in [6.07, 6.45) is 0.251. The number of methoxy groups -OCH3 is 1. The second-order valence-electron chi connectivity index (χ2n) is 4.95. The van der Waals surface area contributed by atoms with Crippen molar-refractivity contribution in [2.75, 3.05) is 7.11 Å². The monoisotopic (exact) mass is 298 g/mol. The van der Waals surface area contributed by atoms with Gasteiger partial charge in [0, 0.05) is 40.5 Å². The third kappa shape index (κ3) is 2.28. The molecule has 0 radical (unpaired) electrons. The van der Waals surface area contributed by atoms with Crippen LogP contribution in [0.15, 0.2) is 42.5 Å². The van der Waals surface area contributed by atoms with Gasteiger partial charge in [0.2, 0.25) is 0 Å². The van der Waals surface area contributed by atoms with E-state index >= 15 is 0 Å². The quantitative estimate of drug-likeness (QED) is 0.421. The number of rotatable bonds is 4. The molecule has 3 aromatic rings. The van der Waals surface area contributed by atoms with Crippen LogP contribution in [0.2, 0.25) is 0 Å². The lowest BCUT2D eigenvalue weighted by Gasteiger charge is -2.06. The standard InChI is InChI=1S/C16H14N2O4/c1-22-16(19)8-9-17-14-5-3-2-4-12(14)13-10-11(18(20)21)6-7-15(13)17/h2-7,10H,8-9H2,1H3. The van der Waals surface area contributed by atoms with E-state index in [1.54, 1.807) is 12.1 Å². The zero-order chi connectivity index (χ0) is 15.7. The fourth-order valence-corrected chi connectivity index (χ4v) is 2.70. The number of nitrogens with zero attached hydrogens (tertiary/aromatic N) is 2. The lowest BCUT2D eigenvalue weighted by molar-refractivity contribution is -0.384. The minimum atomic E-state index is -0.403. The second-order valence-corrected chi connectivity index (χ2v) is 4.95. The van der Waals surface area contributed by atoms with Crippen LogP contribution in [0.25, 0.3) is 21.8 Å². The molecule has 6 heteroatoms. The van der Waals surface area contributed by atoms with Crippen molar-refractivity contribution in [3.05, 3.63) is 52.6 Å². The van der Waals surface area contributed by atoms with Crippen LogP contribution in [0, 0.1) is 10.1 Å². The first-order chi connectivity index (χ1) is 10.6. The minimum Gasteiger partial charge on any atom is -0.469 e. The summed E-state index contributed by atoms with van der Waals surface area (Å²) in [7, 11) is 1.36. The highest BCUT2D eigenvalue weighted by molar-refractivity contribution is 6.08. The van der Waals surface area contributed by atoms with Crippen molar-refractivity contribution in [2.24, 2.45) is 0 Å². The fourth-order valence-electron chi connectivity index (χ4n) is 2.70. The van der Waals surface area contributed by atoms with E-state index in [-0.39, 0.29) is 18.1 Å². The van der Waals surface area contributed by atoms with Crippen LogP contribution in [0.5, 0.6) is 0 Å². The Hall–Kier alpha value is -2.89. The average Bonchev–Trinajstić information content (AvgIpc) is 2.85. The molecule has 0 N–H and O–H groups in total. The van der Waals surface area contributed by atoms with E-state index in [0.29, 0.717) is 6.54 Å². The number of carbonyl (C=O) groups is 1. The molecule has 0 atom stereocenters. The van der Waals surface area contributed by atoms with Crippen LogP contribution in [0.3, 0.4) is 0 Å². The zero-order valence-electron chi connectivity index (χ0n) is 12.0.